The lowest BCUT2D eigenvalue weighted by Gasteiger charge is -2.21. The van der Waals surface area contributed by atoms with Crippen molar-refractivity contribution in [1.82, 2.24) is 0 Å². The van der Waals surface area contributed by atoms with Crippen LogP contribution in [-0.2, 0) is 9.59 Å². The molecule has 2 rings (SSSR count). The maximum absolute atomic E-state index is 12.0. The Kier molecular flexibility index (Phi) is 6.46. The van der Waals surface area contributed by atoms with E-state index in [1.165, 1.54) is 19.9 Å². The molecule has 5 nitrogen and oxygen atoms in total. The lowest BCUT2D eigenvalue weighted by Crippen LogP contribution is -2.37. The highest BCUT2D eigenvalue weighted by atomic mass is 32.2. The van der Waals surface area contributed by atoms with Gasteiger partial charge < -0.3 is 15.2 Å². The van der Waals surface area contributed by atoms with Gasteiger partial charge in [-0.25, -0.2) is 4.79 Å². The van der Waals surface area contributed by atoms with Crippen LogP contribution in [0.2, 0.25) is 0 Å². The molecule has 0 aliphatic heterocycles. The number of carbonyl (C=O) groups excluding carboxylic acids is 1. The van der Waals surface area contributed by atoms with Gasteiger partial charge in [-0.3, -0.25) is 4.79 Å². The molecule has 2 aromatic carbocycles. The Balaban J connectivity index is 1.97. The van der Waals surface area contributed by atoms with E-state index >= 15 is 0 Å². The van der Waals surface area contributed by atoms with Crippen LogP contribution in [0.3, 0.4) is 0 Å². The molecule has 0 unspecified atom stereocenters. The first kappa shape index (κ1) is 19.6. The average molecular weight is 371 g/mol. The van der Waals surface area contributed by atoms with Crippen molar-refractivity contribution in [3.05, 3.63) is 60.2 Å². The van der Waals surface area contributed by atoms with Crippen LogP contribution in [0.5, 0.6) is 5.75 Å². The molecule has 6 heteroatoms. The summed E-state index contributed by atoms with van der Waals surface area (Å²) in [6.07, 6.45) is 5.11. The molecule has 0 spiro atoms. The minimum atomic E-state index is -1.30. The highest BCUT2D eigenvalue weighted by Crippen LogP contribution is 2.20. The maximum atomic E-state index is 12.0. The molecule has 0 atom stereocenters. The standard InChI is InChI=1S/C20H21NO4S/c1-20(2,19(23)24)25-16-10-7-14(8-11-16)9-12-18(22)21-15-5-4-6-17(13-15)26-3/h4-13H,1-3H3,(H,21,22)(H,23,24). The predicted molar refractivity (Wildman–Crippen MR) is 105 cm³/mol. The SMILES string of the molecule is CSc1cccc(NC(=O)C=Cc2ccc(OC(C)(C)C(=O)O)cc2)c1. The number of aliphatic carboxylic acids is 1. The fraction of sp³-hybridized carbons (Fsp3) is 0.200. The van der Waals surface area contributed by atoms with Crippen LogP contribution in [0.4, 0.5) is 5.69 Å². The van der Waals surface area contributed by atoms with E-state index in [1.54, 1.807) is 42.1 Å². The number of ether oxygens (including phenoxy) is 1. The number of hydrogen-bond donors (Lipinski definition) is 2. The lowest BCUT2D eigenvalue weighted by atomic mass is 10.1. The van der Waals surface area contributed by atoms with Crippen LogP contribution in [0, 0.1) is 0 Å². The molecule has 2 N–H and O–H groups in total. The van der Waals surface area contributed by atoms with E-state index < -0.39 is 11.6 Å². The third kappa shape index (κ3) is 5.67. The van der Waals surface area contributed by atoms with E-state index in [4.69, 9.17) is 9.84 Å². The van der Waals surface area contributed by atoms with Gasteiger partial charge in [-0.15, -0.1) is 11.8 Å². The first-order valence-corrected chi connectivity index (χ1v) is 9.18. The Labute approximate surface area is 157 Å². The highest BCUT2D eigenvalue weighted by molar-refractivity contribution is 7.98. The third-order valence-corrected chi connectivity index (χ3v) is 4.26. The minimum Gasteiger partial charge on any atom is -0.478 e. The van der Waals surface area contributed by atoms with Gasteiger partial charge in [0, 0.05) is 16.7 Å². The molecule has 2 aromatic rings. The van der Waals surface area contributed by atoms with Crippen molar-refractivity contribution in [3.63, 3.8) is 0 Å². The summed E-state index contributed by atoms with van der Waals surface area (Å²) in [5.74, 6) is -0.813. The summed E-state index contributed by atoms with van der Waals surface area (Å²) in [6.45, 7) is 2.97. The summed E-state index contributed by atoms with van der Waals surface area (Å²) < 4.78 is 5.44. The van der Waals surface area contributed by atoms with Gasteiger partial charge in [0.05, 0.1) is 0 Å². The van der Waals surface area contributed by atoms with Crippen LogP contribution >= 0.6 is 11.8 Å². The molecule has 0 saturated heterocycles. The van der Waals surface area contributed by atoms with Crippen molar-refractivity contribution in [1.29, 1.82) is 0 Å². The molecule has 0 aliphatic rings. The van der Waals surface area contributed by atoms with Crippen LogP contribution in [0.1, 0.15) is 19.4 Å². The van der Waals surface area contributed by atoms with Crippen molar-refractivity contribution >= 4 is 35.4 Å². The van der Waals surface area contributed by atoms with Crippen LogP contribution in [0.25, 0.3) is 6.08 Å². The molecule has 0 saturated carbocycles. The zero-order valence-corrected chi connectivity index (χ0v) is 15.7. The van der Waals surface area contributed by atoms with Gasteiger partial charge in [0.2, 0.25) is 5.91 Å². The quantitative estimate of drug-likeness (QED) is 0.560. The van der Waals surface area contributed by atoms with Gasteiger partial charge in [-0.05, 0) is 62.1 Å². The van der Waals surface area contributed by atoms with Gasteiger partial charge in [-0.2, -0.15) is 0 Å². The molecule has 26 heavy (non-hydrogen) atoms. The monoisotopic (exact) mass is 371 g/mol. The molecule has 0 aliphatic carbocycles. The molecule has 0 radical (unpaired) electrons. The van der Waals surface area contributed by atoms with E-state index in [9.17, 15) is 9.59 Å². The zero-order chi connectivity index (χ0) is 19.2. The van der Waals surface area contributed by atoms with E-state index in [1.807, 2.05) is 30.5 Å². The van der Waals surface area contributed by atoms with E-state index in [-0.39, 0.29) is 5.91 Å². The Morgan fingerprint density at radius 3 is 2.46 bits per heavy atom. The number of rotatable bonds is 7. The van der Waals surface area contributed by atoms with Gasteiger partial charge >= 0.3 is 5.97 Å². The van der Waals surface area contributed by atoms with E-state index in [0.29, 0.717) is 5.75 Å². The molecule has 1 amide bonds. The number of anilines is 1. The second-order valence-electron chi connectivity index (χ2n) is 6.04. The Morgan fingerprint density at radius 2 is 1.85 bits per heavy atom. The number of benzene rings is 2. The second-order valence-corrected chi connectivity index (χ2v) is 6.92. The normalized spacial score (nSPS) is 11.3. The summed E-state index contributed by atoms with van der Waals surface area (Å²) in [5, 5.41) is 11.9. The number of amides is 1. The topological polar surface area (TPSA) is 75.6 Å². The van der Waals surface area contributed by atoms with Crippen LogP contribution < -0.4 is 10.1 Å². The first-order chi connectivity index (χ1) is 12.3. The van der Waals surface area contributed by atoms with Crippen molar-refractivity contribution in [2.75, 3.05) is 11.6 Å². The number of hydrogen-bond acceptors (Lipinski definition) is 4. The van der Waals surface area contributed by atoms with Gasteiger partial charge in [0.1, 0.15) is 5.75 Å². The number of carboxylic acids is 1. The van der Waals surface area contributed by atoms with Crippen molar-refractivity contribution in [2.45, 2.75) is 24.3 Å². The van der Waals surface area contributed by atoms with Crippen molar-refractivity contribution in [2.24, 2.45) is 0 Å². The number of nitrogens with one attached hydrogen (secondary N) is 1. The molecule has 136 valence electrons. The fourth-order valence-electron chi connectivity index (χ4n) is 2.04. The van der Waals surface area contributed by atoms with Crippen LogP contribution in [-0.4, -0.2) is 28.8 Å². The Bertz CT molecular complexity index is 813. The molecule has 0 fully saturated rings. The molecule has 0 heterocycles. The summed E-state index contributed by atoms with van der Waals surface area (Å²) in [6, 6.07) is 14.5. The molecule has 0 aromatic heterocycles. The van der Waals surface area contributed by atoms with E-state index in [2.05, 4.69) is 5.32 Å². The lowest BCUT2D eigenvalue weighted by molar-refractivity contribution is -0.152. The summed E-state index contributed by atoms with van der Waals surface area (Å²) >= 11 is 1.61. The van der Waals surface area contributed by atoms with Gasteiger partial charge in [0.25, 0.3) is 0 Å². The second kappa shape index (κ2) is 8.58. The number of carboxylic acid groups (broad SMARTS) is 1. The fourth-order valence-corrected chi connectivity index (χ4v) is 2.50. The number of carbonyl (C=O) groups is 2. The van der Waals surface area contributed by atoms with E-state index in [0.717, 1.165) is 16.1 Å². The van der Waals surface area contributed by atoms with Crippen molar-refractivity contribution < 1.29 is 19.4 Å². The smallest absolute Gasteiger partial charge is 0.347 e. The van der Waals surface area contributed by atoms with Gasteiger partial charge in [-0.1, -0.05) is 18.2 Å². The Hall–Kier alpha value is -2.73. The Morgan fingerprint density at radius 1 is 1.15 bits per heavy atom. The minimum absolute atomic E-state index is 0.226. The molecular formula is C20H21NO4S. The molecule has 0 bridgehead atoms. The number of thioether (sulfide) groups is 1. The van der Waals surface area contributed by atoms with Crippen LogP contribution in [0.15, 0.2) is 59.5 Å². The van der Waals surface area contributed by atoms with Gasteiger partial charge in [0.15, 0.2) is 5.60 Å². The average Bonchev–Trinajstić information content (AvgIpc) is 2.61. The zero-order valence-electron chi connectivity index (χ0n) is 14.9. The predicted octanol–water partition coefficient (Wildman–Crippen LogP) is 4.30. The highest BCUT2D eigenvalue weighted by Gasteiger charge is 2.29. The summed E-state index contributed by atoms with van der Waals surface area (Å²) in [4.78, 5) is 24.2. The first-order valence-electron chi connectivity index (χ1n) is 7.96. The summed E-state index contributed by atoms with van der Waals surface area (Å²) in [7, 11) is 0. The largest absolute Gasteiger partial charge is 0.478 e. The maximum Gasteiger partial charge on any atom is 0.347 e. The molecular weight excluding hydrogens is 350 g/mol. The third-order valence-electron chi connectivity index (χ3n) is 3.53. The summed E-state index contributed by atoms with van der Waals surface area (Å²) in [5.41, 5.74) is 0.243. The van der Waals surface area contributed by atoms with Crippen molar-refractivity contribution in [3.8, 4) is 5.75 Å².